The molecule has 1 aromatic heterocycles. The maximum absolute atomic E-state index is 10.5. The molecule has 0 bridgehead atoms. The molecule has 10 heteroatoms. The van der Waals surface area contributed by atoms with E-state index in [4.69, 9.17) is 9.11 Å². The highest BCUT2D eigenvalue weighted by atomic mass is 32.2. The molecule has 1 heterocycles. The third kappa shape index (κ3) is 7.93. The Morgan fingerprint density at radius 3 is 2.16 bits per heavy atom. The van der Waals surface area contributed by atoms with Crippen molar-refractivity contribution in [2.24, 2.45) is 0 Å². The highest BCUT2D eigenvalue weighted by Gasteiger charge is 2.09. The minimum Gasteiger partial charge on any atom is -0.286 e. The van der Waals surface area contributed by atoms with Gasteiger partial charge in [-0.2, -0.15) is 16.8 Å². The third-order valence-corrected chi connectivity index (χ3v) is 3.99. The fraction of sp³-hybridized carbons (Fsp3) is 0.667. The Morgan fingerprint density at radius 1 is 1.00 bits per heavy atom. The SMILES string of the molecule is O=S(=O)(O)CCCn1cc[n+](CCCS(=O)(=O)O)c1. The second-order valence-corrected chi connectivity index (χ2v) is 7.31. The lowest BCUT2D eigenvalue weighted by Gasteiger charge is -1.96. The standard InChI is InChI=1S/C9H16N2O6S2/c12-18(13,14)7-1-3-10-5-6-11(9-10)4-2-8-19(15,16)17/h5-6,9H,1-4,7-8H2,(H-,12,13,14,15,16,17)/p+1. The Labute approximate surface area is 112 Å². The summed E-state index contributed by atoms with van der Waals surface area (Å²) in [4.78, 5) is 0. The second-order valence-electron chi connectivity index (χ2n) is 4.17. The van der Waals surface area contributed by atoms with Gasteiger partial charge in [0.1, 0.15) is 12.4 Å². The molecule has 8 nitrogen and oxygen atoms in total. The van der Waals surface area contributed by atoms with Crippen LogP contribution in [0, 0.1) is 0 Å². The van der Waals surface area contributed by atoms with Gasteiger partial charge in [-0.25, -0.2) is 9.13 Å². The van der Waals surface area contributed by atoms with E-state index in [0.717, 1.165) is 0 Å². The zero-order valence-corrected chi connectivity index (χ0v) is 11.8. The van der Waals surface area contributed by atoms with E-state index in [1.54, 1.807) is 27.9 Å². The number of rotatable bonds is 8. The fourth-order valence-electron chi connectivity index (χ4n) is 1.56. The first-order valence-electron chi connectivity index (χ1n) is 5.61. The van der Waals surface area contributed by atoms with E-state index < -0.39 is 20.2 Å². The molecule has 0 aliphatic carbocycles. The van der Waals surface area contributed by atoms with Crippen LogP contribution in [0.1, 0.15) is 12.8 Å². The molecule has 110 valence electrons. The second kappa shape index (κ2) is 6.46. The van der Waals surface area contributed by atoms with Crippen molar-refractivity contribution in [2.75, 3.05) is 11.5 Å². The summed E-state index contributed by atoms with van der Waals surface area (Å²) in [7, 11) is -7.87. The van der Waals surface area contributed by atoms with Crippen LogP contribution in [0.25, 0.3) is 0 Å². The van der Waals surface area contributed by atoms with E-state index in [-0.39, 0.29) is 11.5 Å². The first-order valence-corrected chi connectivity index (χ1v) is 8.83. The number of hydrogen-bond acceptors (Lipinski definition) is 4. The Morgan fingerprint density at radius 2 is 1.58 bits per heavy atom. The van der Waals surface area contributed by atoms with Crippen molar-refractivity contribution in [1.82, 2.24) is 4.57 Å². The van der Waals surface area contributed by atoms with E-state index in [2.05, 4.69) is 0 Å². The van der Waals surface area contributed by atoms with Gasteiger partial charge in [0, 0.05) is 12.8 Å². The van der Waals surface area contributed by atoms with Gasteiger partial charge in [-0.3, -0.25) is 9.11 Å². The summed E-state index contributed by atoms with van der Waals surface area (Å²) in [6.45, 7) is 0.871. The molecular formula is C9H17N2O6S2+. The number of imidazole rings is 1. The van der Waals surface area contributed by atoms with Gasteiger partial charge in [-0.05, 0) is 0 Å². The largest absolute Gasteiger partial charge is 0.286 e. The van der Waals surface area contributed by atoms with Gasteiger partial charge in [-0.15, -0.1) is 0 Å². The van der Waals surface area contributed by atoms with Crippen LogP contribution < -0.4 is 4.57 Å². The molecule has 0 amide bonds. The summed E-state index contributed by atoms with van der Waals surface area (Å²) in [6, 6.07) is 0. The van der Waals surface area contributed by atoms with Crippen molar-refractivity contribution >= 4 is 20.2 Å². The number of nitrogens with zero attached hydrogens (tertiary/aromatic N) is 2. The normalized spacial score (nSPS) is 12.7. The minimum absolute atomic E-state index is 0.290. The molecule has 1 aromatic rings. The van der Waals surface area contributed by atoms with Crippen molar-refractivity contribution in [2.45, 2.75) is 25.9 Å². The van der Waals surface area contributed by atoms with Crippen molar-refractivity contribution < 1.29 is 30.5 Å². The quantitative estimate of drug-likeness (QED) is 0.485. The van der Waals surface area contributed by atoms with Gasteiger partial charge < -0.3 is 0 Å². The van der Waals surface area contributed by atoms with Crippen molar-refractivity contribution in [1.29, 1.82) is 0 Å². The van der Waals surface area contributed by atoms with Gasteiger partial charge in [0.15, 0.2) is 0 Å². The van der Waals surface area contributed by atoms with E-state index in [0.29, 0.717) is 25.9 Å². The third-order valence-electron chi connectivity index (χ3n) is 2.38. The van der Waals surface area contributed by atoms with Crippen molar-refractivity contribution in [3.63, 3.8) is 0 Å². The van der Waals surface area contributed by atoms with E-state index in [1.165, 1.54) is 0 Å². The number of hydrogen-bond donors (Lipinski definition) is 2. The predicted molar refractivity (Wildman–Crippen MR) is 66.7 cm³/mol. The molecule has 1 rings (SSSR count). The summed E-state index contributed by atoms with van der Waals surface area (Å²) >= 11 is 0. The first-order chi connectivity index (χ1) is 8.66. The summed E-state index contributed by atoms with van der Waals surface area (Å²) in [5.74, 6) is -0.595. The van der Waals surface area contributed by atoms with Crippen LogP contribution >= 0.6 is 0 Å². The Bertz CT molecular complexity index is 552. The van der Waals surface area contributed by atoms with E-state index in [1.807, 2.05) is 0 Å². The summed E-state index contributed by atoms with van der Waals surface area (Å²) in [6.07, 6.45) is 5.72. The lowest BCUT2D eigenvalue weighted by atomic mass is 10.5. The molecule has 0 radical (unpaired) electrons. The molecule has 0 saturated heterocycles. The average Bonchev–Trinajstić information content (AvgIpc) is 2.62. The van der Waals surface area contributed by atoms with Crippen molar-refractivity contribution in [3.8, 4) is 0 Å². The highest BCUT2D eigenvalue weighted by Crippen LogP contribution is 1.94. The van der Waals surface area contributed by atoms with Crippen LogP contribution in [-0.4, -0.2) is 42.0 Å². The molecule has 0 saturated carbocycles. The highest BCUT2D eigenvalue weighted by molar-refractivity contribution is 7.86. The summed E-state index contributed by atoms with van der Waals surface area (Å²) in [5.41, 5.74) is 0. The van der Waals surface area contributed by atoms with Gasteiger partial charge in [0.25, 0.3) is 20.2 Å². The predicted octanol–water partition coefficient (Wildman–Crippen LogP) is -0.669. The molecule has 0 spiro atoms. The molecule has 0 aromatic carbocycles. The van der Waals surface area contributed by atoms with Crippen LogP contribution in [0.2, 0.25) is 0 Å². The summed E-state index contributed by atoms with van der Waals surface area (Å²) in [5, 5.41) is 0. The van der Waals surface area contributed by atoms with Gasteiger partial charge in [0.2, 0.25) is 6.33 Å². The Kier molecular flexibility index (Phi) is 5.47. The van der Waals surface area contributed by atoms with Crippen LogP contribution in [-0.2, 0) is 33.3 Å². The van der Waals surface area contributed by atoms with Crippen LogP contribution in [0.3, 0.4) is 0 Å². The van der Waals surface area contributed by atoms with E-state index in [9.17, 15) is 16.8 Å². The van der Waals surface area contributed by atoms with Crippen molar-refractivity contribution in [3.05, 3.63) is 18.7 Å². The Balaban J connectivity index is 2.36. The maximum Gasteiger partial charge on any atom is 0.265 e. The average molecular weight is 313 g/mol. The molecule has 0 atom stereocenters. The maximum atomic E-state index is 10.5. The van der Waals surface area contributed by atoms with Gasteiger partial charge in [0.05, 0.1) is 24.6 Å². The van der Waals surface area contributed by atoms with Crippen LogP contribution in [0.15, 0.2) is 18.7 Å². The number of aryl methyl sites for hydroxylation is 2. The van der Waals surface area contributed by atoms with Gasteiger partial charge in [-0.1, -0.05) is 0 Å². The molecule has 0 fully saturated rings. The molecular weight excluding hydrogens is 296 g/mol. The first kappa shape index (κ1) is 16.1. The molecule has 0 aliphatic rings. The minimum atomic E-state index is -3.93. The number of aromatic nitrogens is 2. The molecule has 19 heavy (non-hydrogen) atoms. The summed E-state index contributed by atoms with van der Waals surface area (Å²) < 4.78 is 62.7. The molecule has 2 N–H and O–H groups in total. The lowest BCUT2D eigenvalue weighted by Crippen LogP contribution is -2.32. The zero-order valence-electron chi connectivity index (χ0n) is 10.2. The smallest absolute Gasteiger partial charge is 0.265 e. The zero-order chi connectivity index (χ0) is 14.5. The van der Waals surface area contributed by atoms with Gasteiger partial charge >= 0.3 is 0 Å². The molecule has 0 aliphatic heterocycles. The fourth-order valence-corrected chi connectivity index (χ4v) is 2.55. The van der Waals surface area contributed by atoms with E-state index >= 15 is 0 Å². The topological polar surface area (TPSA) is 118 Å². The Hall–Kier alpha value is -0.970. The lowest BCUT2D eigenvalue weighted by molar-refractivity contribution is -0.696. The van der Waals surface area contributed by atoms with Crippen LogP contribution in [0.5, 0.6) is 0 Å². The van der Waals surface area contributed by atoms with Crippen LogP contribution in [0.4, 0.5) is 0 Å². The monoisotopic (exact) mass is 313 g/mol. The molecule has 0 unspecified atom stereocenters.